The predicted molar refractivity (Wildman–Crippen MR) is 91.1 cm³/mol. The van der Waals surface area contributed by atoms with Crippen LogP contribution >= 0.6 is 0 Å². The Labute approximate surface area is 138 Å². The summed E-state index contributed by atoms with van der Waals surface area (Å²) in [5, 5.41) is 3.07. The summed E-state index contributed by atoms with van der Waals surface area (Å²) in [7, 11) is 2.17. The van der Waals surface area contributed by atoms with E-state index < -0.39 is 0 Å². The van der Waals surface area contributed by atoms with Crippen molar-refractivity contribution in [3.05, 3.63) is 29.3 Å². The van der Waals surface area contributed by atoms with Gasteiger partial charge in [0.25, 0.3) is 5.91 Å². The van der Waals surface area contributed by atoms with Gasteiger partial charge in [0.2, 0.25) is 0 Å². The summed E-state index contributed by atoms with van der Waals surface area (Å²) in [6.45, 7) is 9.22. The summed E-state index contributed by atoms with van der Waals surface area (Å²) in [5.74, 6) is 1.40. The molecular formula is C18H27N3O2. The number of carbonyl (C=O) groups excluding carboxylic acids is 1. The third-order valence-electron chi connectivity index (χ3n) is 4.73. The van der Waals surface area contributed by atoms with E-state index >= 15 is 0 Å². The first kappa shape index (κ1) is 16.3. The molecule has 2 aliphatic heterocycles. The van der Waals surface area contributed by atoms with Gasteiger partial charge in [0, 0.05) is 51.3 Å². The molecule has 0 aliphatic carbocycles. The van der Waals surface area contributed by atoms with Crippen molar-refractivity contribution < 1.29 is 9.53 Å². The van der Waals surface area contributed by atoms with Gasteiger partial charge in [-0.05, 0) is 36.7 Å². The SMILES string of the molecule is CC(CNC(=O)c1ccc2c(c1)CCO2)CN1CCN(C)CC1. The Kier molecular flexibility index (Phi) is 5.18. The Morgan fingerprint density at radius 2 is 2.09 bits per heavy atom. The quantitative estimate of drug-likeness (QED) is 0.887. The summed E-state index contributed by atoms with van der Waals surface area (Å²) >= 11 is 0. The maximum Gasteiger partial charge on any atom is 0.251 e. The fourth-order valence-corrected chi connectivity index (χ4v) is 3.23. The third-order valence-corrected chi connectivity index (χ3v) is 4.73. The minimum atomic E-state index is 0.0185. The standard InChI is InChI=1S/C18H27N3O2/c1-14(13-21-8-6-20(2)7-9-21)12-19-18(22)16-3-4-17-15(11-16)5-10-23-17/h3-4,11,14H,5-10,12-13H2,1-2H3,(H,19,22). The Morgan fingerprint density at radius 3 is 2.87 bits per heavy atom. The van der Waals surface area contributed by atoms with Crippen molar-refractivity contribution >= 4 is 5.91 Å². The molecule has 23 heavy (non-hydrogen) atoms. The molecule has 1 aromatic rings. The van der Waals surface area contributed by atoms with Gasteiger partial charge < -0.3 is 19.9 Å². The number of rotatable bonds is 5. The second-order valence-electron chi connectivity index (χ2n) is 6.84. The van der Waals surface area contributed by atoms with E-state index in [0.29, 0.717) is 5.92 Å². The molecule has 1 N–H and O–H groups in total. The van der Waals surface area contributed by atoms with Crippen LogP contribution in [-0.4, -0.2) is 68.6 Å². The van der Waals surface area contributed by atoms with Crippen LogP contribution in [0.1, 0.15) is 22.8 Å². The molecule has 5 nitrogen and oxygen atoms in total. The van der Waals surface area contributed by atoms with Crippen molar-refractivity contribution in [1.29, 1.82) is 0 Å². The van der Waals surface area contributed by atoms with Gasteiger partial charge in [-0.15, -0.1) is 0 Å². The fourth-order valence-electron chi connectivity index (χ4n) is 3.23. The van der Waals surface area contributed by atoms with Gasteiger partial charge in [0.15, 0.2) is 0 Å². The van der Waals surface area contributed by atoms with Crippen LogP contribution in [0.3, 0.4) is 0 Å². The molecule has 3 rings (SSSR count). The smallest absolute Gasteiger partial charge is 0.251 e. The van der Waals surface area contributed by atoms with Gasteiger partial charge in [-0.25, -0.2) is 0 Å². The molecule has 126 valence electrons. The minimum Gasteiger partial charge on any atom is -0.493 e. The number of carbonyl (C=O) groups is 1. The van der Waals surface area contributed by atoms with Gasteiger partial charge in [0.05, 0.1) is 6.61 Å². The highest BCUT2D eigenvalue weighted by molar-refractivity contribution is 5.94. The number of nitrogens with zero attached hydrogens (tertiary/aromatic N) is 2. The predicted octanol–water partition coefficient (Wildman–Crippen LogP) is 1.23. The number of likely N-dealkylation sites (N-methyl/N-ethyl adjacent to an activating group) is 1. The molecule has 0 aromatic heterocycles. The van der Waals surface area contributed by atoms with E-state index in [1.54, 1.807) is 0 Å². The van der Waals surface area contributed by atoms with E-state index in [9.17, 15) is 4.79 Å². The molecule has 1 atom stereocenters. The number of nitrogens with one attached hydrogen (secondary N) is 1. The Morgan fingerprint density at radius 1 is 1.30 bits per heavy atom. The Hall–Kier alpha value is -1.59. The lowest BCUT2D eigenvalue weighted by Crippen LogP contribution is -2.46. The maximum atomic E-state index is 12.3. The van der Waals surface area contributed by atoms with Crippen molar-refractivity contribution in [2.75, 3.05) is 52.9 Å². The molecule has 1 fully saturated rings. The fraction of sp³-hybridized carbons (Fsp3) is 0.611. The third kappa shape index (κ3) is 4.24. The molecule has 1 amide bonds. The van der Waals surface area contributed by atoms with E-state index in [2.05, 4.69) is 29.1 Å². The first-order valence-electron chi connectivity index (χ1n) is 8.56. The second kappa shape index (κ2) is 7.32. The van der Waals surface area contributed by atoms with Gasteiger partial charge in [-0.1, -0.05) is 6.92 Å². The number of hydrogen-bond acceptors (Lipinski definition) is 4. The monoisotopic (exact) mass is 317 g/mol. The highest BCUT2D eigenvalue weighted by Gasteiger charge is 2.18. The van der Waals surface area contributed by atoms with E-state index in [-0.39, 0.29) is 5.91 Å². The average molecular weight is 317 g/mol. The first-order chi connectivity index (χ1) is 11.1. The first-order valence-corrected chi connectivity index (χ1v) is 8.56. The lowest BCUT2D eigenvalue weighted by Gasteiger charge is -2.33. The van der Waals surface area contributed by atoms with E-state index in [0.717, 1.165) is 69.2 Å². The van der Waals surface area contributed by atoms with Crippen LogP contribution < -0.4 is 10.1 Å². The number of fused-ring (bicyclic) bond motifs is 1. The Balaban J connectivity index is 1.45. The van der Waals surface area contributed by atoms with Gasteiger partial charge in [-0.3, -0.25) is 4.79 Å². The van der Waals surface area contributed by atoms with Gasteiger partial charge in [-0.2, -0.15) is 0 Å². The summed E-state index contributed by atoms with van der Waals surface area (Å²) in [6, 6.07) is 5.72. The van der Waals surface area contributed by atoms with E-state index in [1.165, 1.54) is 0 Å². The Bertz CT molecular complexity index is 553. The van der Waals surface area contributed by atoms with Crippen LogP contribution in [-0.2, 0) is 6.42 Å². The van der Waals surface area contributed by atoms with Gasteiger partial charge >= 0.3 is 0 Å². The van der Waals surface area contributed by atoms with Crippen LogP contribution in [0.15, 0.2) is 18.2 Å². The largest absolute Gasteiger partial charge is 0.493 e. The van der Waals surface area contributed by atoms with Gasteiger partial charge in [0.1, 0.15) is 5.75 Å². The molecule has 1 saturated heterocycles. The summed E-state index contributed by atoms with van der Waals surface area (Å²) in [5.41, 5.74) is 1.88. The molecule has 1 aromatic carbocycles. The summed E-state index contributed by atoms with van der Waals surface area (Å²) in [4.78, 5) is 17.2. The number of piperazine rings is 1. The number of ether oxygens (including phenoxy) is 1. The molecule has 0 saturated carbocycles. The van der Waals surface area contributed by atoms with Crippen molar-refractivity contribution in [3.63, 3.8) is 0 Å². The molecule has 2 heterocycles. The van der Waals surface area contributed by atoms with Crippen molar-refractivity contribution in [2.24, 2.45) is 5.92 Å². The molecule has 5 heteroatoms. The lowest BCUT2D eigenvalue weighted by molar-refractivity contribution is 0.0937. The van der Waals surface area contributed by atoms with Crippen molar-refractivity contribution in [2.45, 2.75) is 13.3 Å². The van der Waals surface area contributed by atoms with E-state index in [4.69, 9.17) is 4.74 Å². The molecule has 2 aliphatic rings. The summed E-state index contributed by atoms with van der Waals surface area (Å²) in [6.07, 6.45) is 0.899. The van der Waals surface area contributed by atoms with Crippen LogP contribution in [0.2, 0.25) is 0 Å². The number of benzene rings is 1. The van der Waals surface area contributed by atoms with Crippen LogP contribution in [0.5, 0.6) is 5.75 Å². The zero-order valence-corrected chi connectivity index (χ0v) is 14.2. The normalized spacial score (nSPS) is 19.9. The number of hydrogen-bond donors (Lipinski definition) is 1. The maximum absolute atomic E-state index is 12.3. The van der Waals surface area contributed by atoms with E-state index in [1.807, 2.05) is 18.2 Å². The second-order valence-corrected chi connectivity index (χ2v) is 6.84. The minimum absolute atomic E-state index is 0.0185. The van der Waals surface area contributed by atoms with Crippen LogP contribution in [0.4, 0.5) is 0 Å². The molecule has 1 unspecified atom stereocenters. The van der Waals surface area contributed by atoms with Crippen molar-refractivity contribution in [1.82, 2.24) is 15.1 Å². The average Bonchev–Trinajstić information content (AvgIpc) is 3.02. The molecule has 0 bridgehead atoms. The highest BCUT2D eigenvalue weighted by Crippen LogP contribution is 2.25. The molecular weight excluding hydrogens is 290 g/mol. The zero-order chi connectivity index (χ0) is 16.2. The summed E-state index contributed by atoms with van der Waals surface area (Å²) < 4.78 is 5.48. The zero-order valence-electron chi connectivity index (χ0n) is 14.2. The highest BCUT2D eigenvalue weighted by atomic mass is 16.5. The van der Waals surface area contributed by atoms with Crippen molar-refractivity contribution in [3.8, 4) is 5.75 Å². The molecule has 0 spiro atoms. The topological polar surface area (TPSA) is 44.8 Å². The van der Waals surface area contributed by atoms with Crippen LogP contribution in [0, 0.1) is 5.92 Å². The number of amides is 1. The van der Waals surface area contributed by atoms with Crippen LogP contribution in [0.25, 0.3) is 0 Å². The molecule has 0 radical (unpaired) electrons. The lowest BCUT2D eigenvalue weighted by atomic mass is 10.1.